The second-order valence-electron chi connectivity index (χ2n) is 2.21. The highest BCUT2D eigenvalue weighted by atomic mass is 16.1. The van der Waals surface area contributed by atoms with Crippen LogP contribution in [0.5, 0.6) is 0 Å². The van der Waals surface area contributed by atoms with Gasteiger partial charge in [0.15, 0.2) is 0 Å². The van der Waals surface area contributed by atoms with Crippen molar-refractivity contribution in [3.05, 3.63) is 24.0 Å². The molecular weight excluding hydrogens is 152 g/mol. The molecule has 64 valence electrons. The van der Waals surface area contributed by atoms with Crippen LogP contribution in [-0.2, 0) is 4.79 Å². The van der Waals surface area contributed by atoms with E-state index in [1.54, 1.807) is 6.92 Å². The van der Waals surface area contributed by atoms with Gasteiger partial charge in [0.1, 0.15) is 0 Å². The molecule has 0 spiro atoms. The van der Waals surface area contributed by atoms with Crippen LogP contribution in [0.3, 0.4) is 0 Å². The summed E-state index contributed by atoms with van der Waals surface area (Å²) < 4.78 is 0. The molecule has 0 aliphatic heterocycles. The van der Waals surface area contributed by atoms with Gasteiger partial charge in [-0.1, -0.05) is 12.5 Å². The summed E-state index contributed by atoms with van der Waals surface area (Å²) in [5, 5.41) is 0. The molecule has 0 heterocycles. The third-order valence-electron chi connectivity index (χ3n) is 1.10. The number of nitrogens with two attached hydrogens (primary N) is 2. The van der Waals surface area contributed by atoms with Crippen molar-refractivity contribution in [2.24, 2.45) is 11.5 Å². The molecule has 4 N–H and O–H groups in total. The van der Waals surface area contributed by atoms with E-state index in [0.717, 1.165) is 0 Å². The van der Waals surface area contributed by atoms with Gasteiger partial charge in [-0.25, -0.2) is 0 Å². The van der Waals surface area contributed by atoms with E-state index in [-0.39, 0.29) is 11.5 Å². The Morgan fingerprint density at radius 2 is 2.17 bits per heavy atom. The minimum Gasteiger partial charge on any atom is -0.401 e. The molecule has 3 heteroatoms. The average Bonchev–Trinajstić information content (AvgIpc) is 2.00. The lowest BCUT2D eigenvalue weighted by Crippen LogP contribution is -2.09. The highest BCUT2D eigenvalue weighted by Gasteiger charge is 1.98. The molecule has 3 nitrogen and oxygen atoms in total. The predicted molar refractivity (Wildman–Crippen MR) is 48.7 cm³/mol. The molecule has 0 aromatic heterocycles. The van der Waals surface area contributed by atoms with Crippen LogP contribution in [0.15, 0.2) is 24.0 Å². The Labute approximate surface area is 72.1 Å². The molecule has 0 saturated heterocycles. The lowest BCUT2D eigenvalue weighted by atomic mass is 10.2. The molecule has 0 radical (unpaired) electrons. The van der Waals surface area contributed by atoms with Gasteiger partial charge < -0.3 is 11.5 Å². The van der Waals surface area contributed by atoms with Crippen molar-refractivity contribution in [1.82, 2.24) is 0 Å². The molecule has 0 aliphatic carbocycles. The summed E-state index contributed by atoms with van der Waals surface area (Å²) in [5.41, 5.74) is 11.0. The van der Waals surface area contributed by atoms with Gasteiger partial charge in [0.2, 0.25) is 5.78 Å². The molecule has 0 unspecified atom stereocenters. The van der Waals surface area contributed by atoms with E-state index in [9.17, 15) is 4.79 Å². The molecule has 0 atom stereocenters. The highest BCUT2D eigenvalue weighted by molar-refractivity contribution is 6.03. The Morgan fingerprint density at radius 1 is 1.58 bits per heavy atom. The number of hydrogen-bond donors (Lipinski definition) is 2. The Morgan fingerprint density at radius 3 is 2.58 bits per heavy atom. The van der Waals surface area contributed by atoms with Gasteiger partial charge in [0.25, 0.3) is 0 Å². The number of allylic oxidation sites excluding steroid dienone is 2. The van der Waals surface area contributed by atoms with Crippen LogP contribution in [0.4, 0.5) is 0 Å². The van der Waals surface area contributed by atoms with Crippen LogP contribution in [-0.4, -0.2) is 5.78 Å². The standard InChI is InChI=1S/C9H12N2O/c1-3-4-5-8(11)6-9(12)7(2)10/h6H,2,5,10-11H2,1H3/b8-6+. The molecule has 0 aliphatic rings. The van der Waals surface area contributed by atoms with Gasteiger partial charge >= 0.3 is 0 Å². The molecule has 0 saturated carbocycles. The Bertz CT molecular complexity index is 279. The maximum absolute atomic E-state index is 10.9. The molecule has 0 bridgehead atoms. The second kappa shape index (κ2) is 5.03. The first kappa shape index (κ1) is 10.3. The monoisotopic (exact) mass is 164 g/mol. The van der Waals surface area contributed by atoms with E-state index >= 15 is 0 Å². The zero-order chi connectivity index (χ0) is 9.56. The van der Waals surface area contributed by atoms with Crippen LogP contribution in [0.1, 0.15) is 13.3 Å². The van der Waals surface area contributed by atoms with Crippen molar-refractivity contribution in [1.29, 1.82) is 0 Å². The van der Waals surface area contributed by atoms with Gasteiger partial charge in [0, 0.05) is 18.2 Å². The van der Waals surface area contributed by atoms with E-state index < -0.39 is 0 Å². The highest BCUT2D eigenvalue weighted by Crippen LogP contribution is 1.93. The van der Waals surface area contributed by atoms with Crippen molar-refractivity contribution in [2.75, 3.05) is 0 Å². The zero-order valence-electron chi connectivity index (χ0n) is 7.05. The van der Waals surface area contributed by atoms with Crippen molar-refractivity contribution in [3.63, 3.8) is 0 Å². The molecule has 0 amide bonds. The number of carbonyl (C=O) groups is 1. The first-order chi connectivity index (χ1) is 5.57. The minimum atomic E-state index is -0.356. The summed E-state index contributed by atoms with van der Waals surface area (Å²) >= 11 is 0. The first-order valence-electron chi connectivity index (χ1n) is 3.42. The van der Waals surface area contributed by atoms with Crippen LogP contribution < -0.4 is 11.5 Å². The van der Waals surface area contributed by atoms with Crippen LogP contribution in [0.2, 0.25) is 0 Å². The lowest BCUT2D eigenvalue weighted by molar-refractivity contribution is -0.111. The number of hydrogen-bond acceptors (Lipinski definition) is 3. The molecule has 12 heavy (non-hydrogen) atoms. The summed E-state index contributed by atoms with van der Waals surface area (Å²) in [4.78, 5) is 10.9. The number of ketones is 1. The second-order valence-corrected chi connectivity index (χ2v) is 2.21. The van der Waals surface area contributed by atoms with E-state index in [1.165, 1.54) is 6.08 Å². The van der Waals surface area contributed by atoms with Crippen molar-refractivity contribution in [2.45, 2.75) is 13.3 Å². The maximum atomic E-state index is 10.9. The Hall–Kier alpha value is -1.69. The van der Waals surface area contributed by atoms with Gasteiger partial charge in [-0.15, -0.1) is 5.92 Å². The van der Waals surface area contributed by atoms with Gasteiger partial charge in [-0.3, -0.25) is 4.79 Å². The lowest BCUT2D eigenvalue weighted by Gasteiger charge is -1.94. The van der Waals surface area contributed by atoms with E-state index in [0.29, 0.717) is 12.1 Å². The summed E-state index contributed by atoms with van der Waals surface area (Å²) in [6.07, 6.45) is 1.63. The summed E-state index contributed by atoms with van der Waals surface area (Å²) in [5.74, 6) is 5.04. The third-order valence-corrected chi connectivity index (χ3v) is 1.10. The maximum Gasteiger partial charge on any atom is 0.202 e. The van der Waals surface area contributed by atoms with Gasteiger partial charge in [-0.05, 0) is 6.92 Å². The normalized spacial score (nSPS) is 9.92. The van der Waals surface area contributed by atoms with Crippen molar-refractivity contribution < 1.29 is 4.79 Å². The largest absolute Gasteiger partial charge is 0.401 e. The fraction of sp³-hybridized carbons (Fsp3) is 0.222. The Kier molecular flexibility index (Phi) is 4.32. The topological polar surface area (TPSA) is 69.1 Å². The SMILES string of the molecule is C=C(N)C(=O)/C=C(/N)CC#CC. The fourth-order valence-electron chi connectivity index (χ4n) is 0.503. The smallest absolute Gasteiger partial charge is 0.202 e. The molecule has 0 fully saturated rings. The zero-order valence-corrected chi connectivity index (χ0v) is 7.05. The summed E-state index contributed by atoms with van der Waals surface area (Å²) in [7, 11) is 0. The van der Waals surface area contributed by atoms with E-state index in [4.69, 9.17) is 11.5 Å². The van der Waals surface area contributed by atoms with Crippen molar-refractivity contribution >= 4 is 5.78 Å². The van der Waals surface area contributed by atoms with Crippen molar-refractivity contribution in [3.8, 4) is 11.8 Å². The predicted octanol–water partition coefficient (Wildman–Crippen LogP) is 0.284. The molecular formula is C9H12N2O. The molecule has 0 aromatic carbocycles. The first-order valence-corrected chi connectivity index (χ1v) is 3.42. The summed E-state index contributed by atoms with van der Waals surface area (Å²) in [6, 6.07) is 0. The Balaban J connectivity index is 4.22. The average molecular weight is 164 g/mol. The van der Waals surface area contributed by atoms with Gasteiger partial charge in [0.05, 0.1) is 5.70 Å². The van der Waals surface area contributed by atoms with Crippen LogP contribution in [0, 0.1) is 11.8 Å². The number of carbonyl (C=O) groups excluding carboxylic acids is 1. The van der Waals surface area contributed by atoms with Gasteiger partial charge in [-0.2, -0.15) is 0 Å². The molecule has 0 rings (SSSR count). The quantitative estimate of drug-likeness (QED) is 0.465. The van der Waals surface area contributed by atoms with Crippen LogP contribution >= 0.6 is 0 Å². The summed E-state index contributed by atoms with van der Waals surface area (Å²) in [6.45, 7) is 4.99. The van der Waals surface area contributed by atoms with E-state index in [1.807, 2.05) is 0 Å². The third kappa shape index (κ3) is 4.18. The van der Waals surface area contributed by atoms with E-state index in [2.05, 4.69) is 18.4 Å². The molecule has 0 aromatic rings. The minimum absolute atomic E-state index is 0.0117. The number of rotatable bonds is 3. The fourth-order valence-corrected chi connectivity index (χ4v) is 0.503. The van der Waals surface area contributed by atoms with Crippen LogP contribution in [0.25, 0.3) is 0 Å².